The molecule has 0 amide bonds. The average molecular weight is 161 g/mol. The maximum Gasteiger partial charge on any atom is 0.105 e. The summed E-state index contributed by atoms with van der Waals surface area (Å²) in [6.45, 7) is 3.76. The summed E-state index contributed by atoms with van der Waals surface area (Å²) in [5.41, 5.74) is 0. The first-order chi connectivity index (χ1) is 4.77. The Hall–Kier alpha value is 0.310. The molecule has 0 bridgehead atoms. The molecule has 0 saturated carbocycles. The van der Waals surface area contributed by atoms with Crippen LogP contribution in [0, 0.1) is 6.92 Å². The van der Waals surface area contributed by atoms with E-state index < -0.39 is 11.2 Å². The summed E-state index contributed by atoms with van der Waals surface area (Å²) < 4.78 is 10.6. The lowest BCUT2D eigenvalue weighted by molar-refractivity contribution is 0.592. The molecule has 0 saturated heterocycles. The van der Waals surface area contributed by atoms with Crippen molar-refractivity contribution in [2.45, 2.75) is 32.1 Å². The molecule has 0 heterocycles. The van der Waals surface area contributed by atoms with Crippen LogP contribution in [0.1, 0.15) is 32.1 Å². The second-order valence-electron chi connectivity index (χ2n) is 2.55. The zero-order chi connectivity index (χ0) is 7.82. The molecule has 0 spiro atoms. The minimum absolute atomic E-state index is 0.587. The van der Waals surface area contributed by atoms with Crippen molar-refractivity contribution < 1.29 is 4.55 Å². The van der Waals surface area contributed by atoms with E-state index in [0.717, 1.165) is 18.6 Å². The fourth-order valence-corrected chi connectivity index (χ4v) is 1.45. The third-order valence-electron chi connectivity index (χ3n) is 1.43. The number of hydrogen-bond donors (Lipinski definition) is 0. The molecule has 2 heteroatoms. The molecular formula is C8H17OS. The molecule has 0 aromatic carbocycles. The lowest BCUT2D eigenvalue weighted by Gasteiger charge is -2.03. The molecule has 0 aliphatic rings. The molecule has 1 nitrogen and oxygen atoms in total. The van der Waals surface area contributed by atoms with Crippen molar-refractivity contribution >= 4 is 11.2 Å². The standard InChI is InChI=1S/C8H17OS/c1-3-4-5-6-7-8-10(2)9/h1,3-8H2,2H3. The average Bonchev–Trinajstić information content (AvgIpc) is 1.87. The van der Waals surface area contributed by atoms with E-state index in [2.05, 4.69) is 6.92 Å². The van der Waals surface area contributed by atoms with Crippen LogP contribution in [0.15, 0.2) is 0 Å². The zero-order valence-corrected chi connectivity index (χ0v) is 7.58. The quantitative estimate of drug-likeness (QED) is 0.432. The Morgan fingerprint density at radius 2 is 1.80 bits per heavy atom. The highest BCUT2D eigenvalue weighted by atomic mass is 32.2. The van der Waals surface area contributed by atoms with Crippen LogP contribution in [0.5, 0.6) is 0 Å². The van der Waals surface area contributed by atoms with E-state index in [4.69, 9.17) is 0 Å². The van der Waals surface area contributed by atoms with Gasteiger partial charge in [-0.1, -0.05) is 37.4 Å². The van der Waals surface area contributed by atoms with Gasteiger partial charge in [0.1, 0.15) is 5.75 Å². The fourth-order valence-electron chi connectivity index (χ4n) is 0.836. The van der Waals surface area contributed by atoms with E-state index in [1.165, 1.54) is 19.3 Å². The van der Waals surface area contributed by atoms with Crippen molar-refractivity contribution in [1.82, 2.24) is 0 Å². The van der Waals surface area contributed by atoms with Gasteiger partial charge in [-0.25, -0.2) is 0 Å². The minimum atomic E-state index is -0.587. The van der Waals surface area contributed by atoms with Gasteiger partial charge in [-0.3, -0.25) is 0 Å². The van der Waals surface area contributed by atoms with Gasteiger partial charge >= 0.3 is 0 Å². The molecule has 0 fully saturated rings. The first-order valence-electron chi connectivity index (χ1n) is 3.86. The smallest absolute Gasteiger partial charge is 0.105 e. The van der Waals surface area contributed by atoms with Crippen LogP contribution in [0.25, 0.3) is 0 Å². The SMILES string of the molecule is [CH2]CCCCCC[S+](C)[O-]. The summed E-state index contributed by atoms with van der Waals surface area (Å²) >= 11 is -0.587. The highest BCUT2D eigenvalue weighted by molar-refractivity contribution is 7.90. The number of rotatable bonds is 6. The van der Waals surface area contributed by atoms with Gasteiger partial charge in [0.25, 0.3) is 0 Å². The maximum atomic E-state index is 10.6. The molecule has 10 heavy (non-hydrogen) atoms. The molecular weight excluding hydrogens is 144 g/mol. The van der Waals surface area contributed by atoms with Crippen LogP contribution in [0.3, 0.4) is 0 Å². The number of hydrogen-bond acceptors (Lipinski definition) is 1. The summed E-state index contributed by atoms with van der Waals surface area (Å²) in [6, 6.07) is 0. The van der Waals surface area contributed by atoms with Crippen molar-refractivity contribution in [2.75, 3.05) is 12.0 Å². The summed E-state index contributed by atoms with van der Waals surface area (Å²) in [4.78, 5) is 0. The van der Waals surface area contributed by atoms with Crippen LogP contribution < -0.4 is 0 Å². The van der Waals surface area contributed by atoms with Gasteiger partial charge in [0.05, 0.1) is 6.26 Å². The zero-order valence-electron chi connectivity index (χ0n) is 6.77. The molecule has 1 radical (unpaired) electrons. The molecule has 0 aromatic heterocycles. The fraction of sp³-hybridized carbons (Fsp3) is 0.875. The Labute approximate surface area is 67.4 Å². The first kappa shape index (κ1) is 10.3. The van der Waals surface area contributed by atoms with Crippen molar-refractivity contribution in [1.29, 1.82) is 0 Å². The Morgan fingerprint density at radius 1 is 1.20 bits per heavy atom. The van der Waals surface area contributed by atoms with Crippen LogP contribution in [-0.4, -0.2) is 16.6 Å². The molecule has 0 rings (SSSR count). The summed E-state index contributed by atoms with van der Waals surface area (Å²) in [7, 11) is 0. The van der Waals surface area contributed by atoms with Crippen molar-refractivity contribution in [3.8, 4) is 0 Å². The summed E-state index contributed by atoms with van der Waals surface area (Å²) in [6.07, 6.45) is 7.60. The molecule has 0 aliphatic carbocycles. The van der Waals surface area contributed by atoms with Gasteiger partial charge in [0.2, 0.25) is 0 Å². The Balaban J connectivity index is 2.77. The lowest BCUT2D eigenvalue weighted by Crippen LogP contribution is -2.02. The topological polar surface area (TPSA) is 23.1 Å². The third-order valence-corrected chi connectivity index (χ3v) is 2.30. The van der Waals surface area contributed by atoms with Crippen LogP contribution in [0.2, 0.25) is 0 Å². The minimum Gasteiger partial charge on any atom is -0.617 e. The van der Waals surface area contributed by atoms with Crippen molar-refractivity contribution in [2.24, 2.45) is 0 Å². The largest absolute Gasteiger partial charge is 0.617 e. The third kappa shape index (κ3) is 8.31. The first-order valence-corrected chi connectivity index (χ1v) is 5.59. The highest BCUT2D eigenvalue weighted by Gasteiger charge is 1.95. The molecule has 1 atom stereocenters. The predicted molar refractivity (Wildman–Crippen MR) is 47.4 cm³/mol. The highest BCUT2D eigenvalue weighted by Crippen LogP contribution is 2.03. The molecule has 0 aliphatic heterocycles. The van der Waals surface area contributed by atoms with Gasteiger partial charge < -0.3 is 4.55 Å². The van der Waals surface area contributed by atoms with Gasteiger partial charge in [-0.15, -0.1) is 0 Å². The number of unbranched alkanes of at least 4 members (excludes halogenated alkanes) is 4. The molecule has 0 N–H and O–H groups in total. The van der Waals surface area contributed by atoms with Gasteiger partial charge in [0.15, 0.2) is 0 Å². The summed E-state index contributed by atoms with van der Waals surface area (Å²) in [5, 5.41) is 0. The van der Waals surface area contributed by atoms with Crippen LogP contribution in [-0.2, 0) is 11.2 Å². The Morgan fingerprint density at radius 3 is 2.30 bits per heavy atom. The van der Waals surface area contributed by atoms with Crippen LogP contribution in [0.4, 0.5) is 0 Å². The van der Waals surface area contributed by atoms with Crippen LogP contribution >= 0.6 is 0 Å². The molecule has 1 unspecified atom stereocenters. The second-order valence-corrected chi connectivity index (χ2v) is 4.10. The monoisotopic (exact) mass is 161 g/mol. The van der Waals surface area contributed by atoms with Gasteiger partial charge in [0, 0.05) is 0 Å². The van der Waals surface area contributed by atoms with Crippen molar-refractivity contribution in [3.05, 3.63) is 6.92 Å². The van der Waals surface area contributed by atoms with Gasteiger partial charge in [-0.2, -0.15) is 0 Å². The van der Waals surface area contributed by atoms with Crippen molar-refractivity contribution in [3.63, 3.8) is 0 Å². The maximum absolute atomic E-state index is 10.6. The van der Waals surface area contributed by atoms with E-state index in [1.54, 1.807) is 6.26 Å². The van der Waals surface area contributed by atoms with E-state index >= 15 is 0 Å². The molecule has 61 valence electrons. The Kier molecular flexibility index (Phi) is 7.65. The van der Waals surface area contributed by atoms with Gasteiger partial charge in [-0.05, 0) is 12.8 Å². The van der Waals surface area contributed by atoms with E-state index in [1.807, 2.05) is 0 Å². The Bertz CT molecular complexity index is 64.3. The van der Waals surface area contributed by atoms with E-state index in [0.29, 0.717) is 0 Å². The predicted octanol–water partition coefficient (Wildman–Crippen LogP) is 2.15. The van der Waals surface area contributed by atoms with E-state index in [9.17, 15) is 4.55 Å². The van der Waals surface area contributed by atoms with E-state index in [-0.39, 0.29) is 0 Å². The lowest BCUT2D eigenvalue weighted by atomic mass is 10.2. The normalized spacial score (nSPS) is 13.5. The summed E-state index contributed by atoms with van der Waals surface area (Å²) in [5.74, 6) is 0.872. The second kappa shape index (κ2) is 7.42. The molecule has 0 aromatic rings.